The highest BCUT2D eigenvalue weighted by Gasteiger charge is 2.23. The van der Waals surface area contributed by atoms with E-state index in [1.165, 1.54) is 30.3 Å². The highest BCUT2D eigenvalue weighted by molar-refractivity contribution is 9.10. The van der Waals surface area contributed by atoms with E-state index in [0.717, 1.165) is 4.47 Å². The highest BCUT2D eigenvalue weighted by Crippen LogP contribution is 2.24. The zero-order valence-corrected chi connectivity index (χ0v) is 14.1. The average Bonchev–Trinajstić information content (AvgIpc) is 2.47. The normalized spacial score (nSPS) is 11.7. The molecule has 0 fully saturated rings. The molecule has 0 N–H and O–H groups in total. The fourth-order valence-electron chi connectivity index (χ4n) is 2.00. The van der Waals surface area contributed by atoms with Gasteiger partial charge in [-0.1, -0.05) is 27.5 Å². The first-order valence-electron chi connectivity index (χ1n) is 6.12. The van der Waals surface area contributed by atoms with Gasteiger partial charge in [0.05, 0.1) is 4.90 Å². The summed E-state index contributed by atoms with van der Waals surface area (Å²) in [5.41, 5.74) is -0.576. The van der Waals surface area contributed by atoms with E-state index in [1.54, 1.807) is 18.2 Å². The van der Waals surface area contributed by atoms with Crippen molar-refractivity contribution in [2.24, 2.45) is 0 Å². The van der Waals surface area contributed by atoms with Crippen molar-refractivity contribution in [3.8, 4) is 0 Å². The summed E-state index contributed by atoms with van der Waals surface area (Å²) in [5, 5.41) is 0.926. The molecule has 2 aromatic carbocycles. The molecule has 7 heteroatoms. The van der Waals surface area contributed by atoms with Crippen molar-refractivity contribution >= 4 is 48.3 Å². The van der Waals surface area contributed by atoms with E-state index in [0.29, 0.717) is 16.0 Å². The molecule has 22 heavy (non-hydrogen) atoms. The van der Waals surface area contributed by atoms with Crippen LogP contribution in [0.3, 0.4) is 0 Å². The van der Waals surface area contributed by atoms with Gasteiger partial charge in [-0.15, -0.1) is 0 Å². The fraction of sp³-hybridized carbons (Fsp3) is 0. The Balaban J connectivity index is 2.26. The van der Waals surface area contributed by atoms with Crippen LogP contribution in [0, 0.1) is 0 Å². The van der Waals surface area contributed by atoms with Crippen LogP contribution < -0.4 is 5.63 Å². The summed E-state index contributed by atoms with van der Waals surface area (Å²) >= 11 is 9.05. The van der Waals surface area contributed by atoms with E-state index in [-0.39, 0.29) is 4.90 Å². The largest absolute Gasteiger partial charge is 0.422 e. The smallest absolute Gasteiger partial charge is 0.355 e. The van der Waals surface area contributed by atoms with Gasteiger partial charge >= 0.3 is 5.63 Å². The monoisotopic (exact) mass is 398 g/mol. The number of hydrogen-bond acceptors (Lipinski definition) is 4. The number of rotatable bonds is 2. The van der Waals surface area contributed by atoms with Crippen LogP contribution >= 0.6 is 27.5 Å². The molecule has 0 aliphatic rings. The molecule has 0 saturated carbocycles. The van der Waals surface area contributed by atoms with Gasteiger partial charge in [-0.2, -0.15) is 0 Å². The zero-order chi connectivity index (χ0) is 15.9. The van der Waals surface area contributed by atoms with Gasteiger partial charge in [0.2, 0.25) is 9.84 Å². The van der Waals surface area contributed by atoms with Crippen molar-refractivity contribution in [3.63, 3.8) is 0 Å². The van der Waals surface area contributed by atoms with Crippen LogP contribution in [0.2, 0.25) is 5.02 Å². The number of sulfone groups is 1. The Bertz CT molecular complexity index is 1020. The SMILES string of the molecule is O=c1oc2ccc(Br)cc2cc1S(=O)(=O)c1ccc(Cl)cc1. The maximum Gasteiger partial charge on any atom is 0.355 e. The summed E-state index contributed by atoms with van der Waals surface area (Å²) in [6, 6.07) is 11.9. The lowest BCUT2D eigenvalue weighted by atomic mass is 10.2. The molecule has 112 valence electrons. The molecule has 0 aliphatic heterocycles. The third-order valence-corrected chi connectivity index (χ3v) is 5.58. The van der Waals surface area contributed by atoms with Gasteiger partial charge in [0.15, 0.2) is 4.90 Å². The Kier molecular flexibility index (Phi) is 3.84. The standard InChI is InChI=1S/C15H8BrClO4S/c16-10-1-6-13-9(7-10)8-14(15(18)21-13)22(19,20)12-4-2-11(17)3-5-12/h1-8H. The van der Waals surface area contributed by atoms with Crippen LogP contribution in [0.1, 0.15) is 0 Å². The average molecular weight is 400 g/mol. The summed E-state index contributed by atoms with van der Waals surface area (Å²) in [7, 11) is -3.97. The summed E-state index contributed by atoms with van der Waals surface area (Å²) in [4.78, 5) is 11.6. The second-order valence-electron chi connectivity index (χ2n) is 4.54. The molecule has 0 saturated heterocycles. The molecule has 0 amide bonds. The van der Waals surface area contributed by atoms with Crippen molar-refractivity contribution in [2.75, 3.05) is 0 Å². The van der Waals surface area contributed by atoms with Crippen LogP contribution in [0.25, 0.3) is 11.0 Å². The maximum absolute atomic E-state index is 12.6. The Morgan fingerprint density at radius 2 is 1.68 bits per heavy atom. The molecule has 0 bridgehead atoms. The lowest BCUT2D eigenvalue weighted by Gasteiger charge is -2.05. The number of halogens is 2. The number of hydrogen-bond donors (Lipinski definition) is 0. The van der Waals surface area contributed by atoms with Crippen molar-refractivity contribution < 1.29 is 12.8 Å². The third-order valence-electron chi connectivity index (χ3n) is 3.08. The first kappa shape index (κ1) is 15.3. The molecule has 0 spiro atoms. The third kappa shape index (κ3) is 2.69. The Morgan fingerprint density at radius 1 is 1.00 bits per heavy atom. The molecule has 0 atom stereocenters. The Morgan fingerprint density at radius 3 is 2.36 bits per heavy atom. The number of fused-ring (bicyclic) bond motifs is 1. The topological polar surface area (TPSA) is 64.3 Å². The van der Waals surface area contributed by atoms with Crippen molar-refractivity contribution in [1.82, 2.24) is 0 Å². The van der Waals surface area contributed by atoms with Crippen LogP contribution in [0.15, 0.2) is 72.0 Å². The summed E-state index contributed by atoms with van der Waals surface area (Å²) in [6.07, 6.45) is 0. The lowest BCUT2D eigenvalue weighted by Crippen LogP contribution is -2.14. The van der Waals surface area contributed by atoms with Gasteiger partial charge in [-0.3, -0.25) is 0 Å². The van der Waals surface area contributed by atoms with Gasteiger partial charge < -0.3 is 4.42 Å². The van der Waals surface area contributed by atoms with Crippen molar-refractivity contribution in [1.29, 1.82) is 0 Å². The van der Waals surface area contributed by atoms with E-state index in [9.17, 15) is 13.2 Å². The predicted octanol–water partition coefficient (Wildman–Crippen LogP) is 4.04. The first-order chi connectivity index (χ1) is 10.4. The van der Waals surface area contributed by atoms with Crippen LogP contribution in [0.4, 0.5) is 0 Å². The van der Waals surface area contributed by atoms with E-state index >= 15 is 0 Å². The minimum atomic E-state index is -3.97. The molecule has 0 aliphatic carbocycles. The molecule has 1 aromatic heterocycles. The molecule has 3 rings (SSSR count). The summed E-state index contributed by atoms with van der Waals surface area (Å²) in [6.45, 7) is 0. The van der Waals surface area contributed by atoms with Gasteiger partial charge in [0.25, 0.3) is 0 Å². The molecule has 0 unspecified atom stereocenters. The second kappa shape index (κ2) is 5.53. The fourth-order valence-corrected chi connectivity index (χ4v) is 3.80. The van der Waals surface area contributed by atoms with Crippen LogP contribution in [-0.2, 0) is 9.84 Å². The summed E-state index contributed by atoms with van der Waals surface area (Å²) < 4.78 is 31.0. The maximum atomic E-state index is 12.6. The zero-order valence-electron chi connectivity index (χ0n) is 10.9. The second-order valence-corrected chi connectivity index (χ2v) is 7.81. The highest BCUT2D eigenvalue weighted by atomic mass is 79.9. The van der Waals surface area contributed by atoms with E-state index in [1.807, 2.05) is 0 Å². The Hall–Kier alpha value is -1.63. The molecular formula is C15H8BrClO4S. The van der Waals surface area contributed by atoms with E-state index < -0.39 is 20.4 Å². The van der Waals surface area contributed by atoms with Gasteiger partial charge in [0.1, 0.15) is 5.58 Å². The van der Waals surface area contributed by atoms with Gasteiger partial charge in [-0.25, -0.2) is 13.2 Å². The van der Waals surface area contributed by atoms with Gasteiger partial charge in [0, 0.05) is 14.9 Å². The van der Waals surface area contributed by atoms with E-state index in [2.05, 4.69) is 15.9 Å². The van der Waals surface area contributed by atoms with Crippen molar-refractivity contribution in [3.05, 3.63) is 68.4 Å². The first-order valence-corrected chi connectivity index (χ1v) is 8.77. The van der Waals surface area contributed by atoms with Crippen LogP contribution in [0.5, 0.6) is 0 Å². The predicted molar refractivity (Wildman–Crippen MR) is 87.1 cm³/mol. The molecule has 4 nitrogen and oxygen atoms in total. The quantitative estimate of drug-likeness (QED) is 0.610. The molecule has 3 aromatic rings. The van der Waals surface area contributed by atoms with Crippen LogP contribution in [-0.4, -0.2) is 8.42 Å². The number of benzene rings is 2. The Labute approximate surface area is 139 Å². The lowest BCUT2D eigenvalue weighted by molar-refractivity contribution is 0.532. The minimum absolute atomic E-state index is 0.0152. The summed E-state index contributed by atoms with van der Waals surface area (Å²) in [5.74, 6) is 0. The molecule has 0 radical (unpaired) electrons. The molecular weight excluding hydrogens is 392 g/mol. The van der Waals surface area contributed by atoms with Gasteiger partial charge in [-0.05, 0) is 48.5 Å². The van der Waals surface area contributed by atoms with Crippen molar-refractivity contribution in [2.45, 2.75) is 9.79 Å². The van der Waals surface area contributed by atoms with E-state index in [4.69, 9.17) is 16.0 Å². The minimum Gasteiger partial charge on any atom is -0.422 e. The molecule has 1 heterocycles.